The number of amides is 1. The molecule has 2 aromatic carbocycles. The van der Waals surface area contributed by atoms with E-state index in [-0.39, 0.29) is 5.91 Å². The molecule has 0 aliphatic carbocycles. The molecule has 0 fully saturated rings. The van der Waals surface area contributed by atoms with E-state index >= 15 is 0 Å². The molecule has 0 aliphatic rings. The van der Waals surface area contributed by atoms with Crippen LogP contribution in [0.15, 0.2) is 42.5 Å². The first kappa shape index (κ1) is 17.7. The van der Waals surface area contributed by atoms with E-state index in [2.05, 4.69) is 5.32 Å². The fourth-order valence-electron chi connectivity index (χ4n) is 2.14. The van der Waals surface area contributed by atoms with Gasteiger partial charge >= 0.3 is 0 Å². The van der Waals surface area contributed by atoms with Gasteiger partial charge in [0.05, 0.1) is 21.3 Å². The summed E-state index contributed by atoms with van der Waals surface area (Å²) in [6.07, 6.45) is 3.06. The van der Waals surface area contributed by atoms with Crippen molar-refractivity contribution in [2.24, 2.45) is 0 Å². The molecule has 0 unspecified atom stereocenters. The second-order valence-electron chi connectivity index (χ2n) is 4.75. The summed E-state index contributed by atoms with van der Waals surface area (Å²) in [4.78, 5) is 12.0. The maximum atomic E-state index is 12.0. The Balaban J connectivity index is 2.18. The summed E-state index contributed by atoms with van der Waals surface area (Å²) in [6.45, 7) is 0. The van der Waals surface area contributed by atoms with Gasteiger partial charge in [-0.2, -0.15) is 0 Å². The van der Waals surface area contributed by atoms with Crippen molar-refractivity contribution in [3.63, 3.8) is 0 Å². The van der Waals surface area contributed by atoms with Gasteiger partial charge in [0.1, 0.15) is 0 Å². The van der Waals surface area contributed by atoms with Crippen molar-refractivity contribution < 1.29 is 19.0 Å². The molecular weight excluding hydrogens is 330 g/mol. The van der Waals surface area contributed by atoms with Crippen LogP contribution in [0.25, 0.3) is 6.08 Å². The Morgan fingerprint density at radius 3 is 2.21 bits per heavy atom. The average molecular weight is 348 g/mol. The van der Waals surface area contributed by atoms with Crippen LogP contribution in [0.5, 0.6) is 17.2 Å². The van der Waals surface area contributed by atoms with E-state index in [0.29, 0.717) is 33.5 Å². The second kappa shape index (κ2) is 8.26. The Kier molecular flexibility index (Phi) is 6.09. The third-order valence-corrected chi connectivity index (χ3v) is 3.51. The highest BCUT2D eigenvalue weighted by Crippen LogP contribution is 2.40. The van der Waals surface area contributed by atoms with Gasteiger partial charge in [0.15, 0.2) is 11.5 Å². The van der Waals surface area contributed by atoms with Crippen LogP contribution >= 0.6 is 11.6 Å². The summed E-state index contributed by atoms with van der Waals surface area (Å²) < 4.78 is 15.9. The number of hydrogen-bond donors (Lipinski definition) is 1. The molecule has 0 heterocycles. The molecule has 0 aliphatic heterocycles. The Morgan fingerprint density at radius 1 is 0.958 bits per heavy atom. The predicted molar refractivity (Wildman–Crippen MR) is 95.2 cm³/mol. The molecule has 0 bridgehead atoms. The Hall–Kier alpha value is -2.66. The van der Waals surface area contributed by atoms with Gasteiger partial charge in [-0.1, -0.05) is 11.6 Å². The smallest absolute Gasteiger partial charge is 0.248 e. The highest BCUT2D eigenvalue weighted by Gasteiger charge is 2.14. The maximum Gasteiger partial charge on any atom is 0.248 e. The number of halogens is 1. The first-order chi connectivity index (χ1) is 11.6. The van der Waals surface area contributed by atoms with Gasteiger partial charge in [0.2, 0.25) is 11.7 Å². The average Bonchev–Trinajstić information content (AvgIpc) is 2.60. The summed E-state index contributed by atoms with van der Waals surface area (Å²) in [6, 6.07) is 10.4. The van der Waals surface area contributed by atoms with Crippen LogP contribution in [0, 0.1) is 0 Å². The zero-order chi connectivity index (χ0) is 17.5. The molecule has 0 saturated heterocycles. The third-order valence-electron chi connectivity index (χ3n) is 3.26. The van der Waals surface area contributed by atoms with Crippen molar-refractivity contribution in [1.29, 1.82) is 0 Å². The number of hydrogen-bond acceptors (Lipinski definition) is 4. The van der Waals surface area contributed by atoms with Gasteiger partial charge in [-0.3, -0.25) is 4.79 Å². The van der Waals surface area contributed by atoms with Crippen LogP contribution < -0.4 is 19.5 Å². The molecule has 1 N–H and O–H groups in total. The van der Waals surface area contributed by atoms with Gasteiger partial charge in [-0.05, 0) is 42.5 Å². The number of nitrogens with one attached hydrogen (secondary N) is 1. The molecule has 0 atom stereocenters. The number of anilines is 1. The molecule has 0 spiro atoms. The number of carbonyl (C=O) groups excluding carboxylic acids is 1. The van der Waals surface area contributed by atoms with Crippen LogP contribution in [0.4, 0.5) is 5.69 Å². The van der Waals surface area contributed by atoms with E-state index in [1.165, 1.54) is 20.3 Å². The third kappa shape index (κ3) is 4.20. The van der Waals surface area contributed by atoms with Gasteiger partial charge in [0, 0.05) is 22.3 Å². The van der Waals surface area contributed by atoms with Crippen molar-refractivity contribution in [3.05, 3.63) is 53.1 Å². The Bertz CT molecular complexity index is 741. The van der Waals surface area contributed by atoms with E-state index in [1.807, 2.05) is 0 Å². The van der Waals surface area contributed by atoms with E-state index in [9.17, 15) is 4.79 Å². The second-order valence-corrected chi connectivity index (χ2v) is 5.19. The largest absolute Gasteiger partial charge is 0.493 e. The van der Waals surface area contributed by atoms with Gasteiger partial charge in [-0.25, -0.2) is 0 Å². The highest BCUT2D eigenvalue weighted by atomic mass is 35.5. The van der Waals surface area contributed by atoms with E-state index in [4.69, 9.17) is 25.8 Å². The van der Waals surface area contributed by atoms with E-state index in [0.717, 1.165) is 0 Å². The molecule has 0 aromatic heterocycles. The lowest BCUT2D eigenvalue weighted by Gasteiger charge is -2.13. The number of methoxy groups -OCH3 is 3. The SMILES string of the molecule is COc1ccc(C=CC(=O)Nc2ccc(Cl)cc2)c(OC)c1OC. The van der Waals surface area contributed by atoms with Gasteiger partial charge in [0.25, 0.3) is 0 Å². The first-order valence-corrected chi connectivity index (χ1v) is 7.50. The Morgan fingerprint density at radius 2 is 1.62 bits per heavy atom. The normalized spacial score (nSPS) is 10.5. The van der Waals surface area contributed by atoms with Crippen LogP contribution in [0.3, 0.4) is 0 Å². The fraction of sp³-hybridized carbons (Fsp3) is 0.167. The molecule has 6 heteroatoms. The lowest BCUT2D eigenvalue weighted by atomic mass is 10.1. The molecule has 2 aromatic rings. The maximum absolute atomic E-state index is 12.0. The summed E-state index contributed by atoms with van der Waals surface area (Å²) >= 11 is 5.81. The number of ether oxygens (including phenoxy) is 3. The minimum atomic E-state index is -0.269. The first-order valence-electron chi connectivity index (χ1n) is 7.12. The van der Waals surface area contributed by atoms with Crippen LogP contribution in [0.2, 0.25) is 5.02 Å². The summed E-state index contributed by atoms with van der Waals surface area (Å²) in [5.41, 5.74) is 1.36. The zero-order valence-corrected chi connectivity index (χ0v) is 14.4. The van der Waals surface area contributed by atoms with Gasteiger partial charge in [-0.15, -0.1) is 0 Å². The van der Waals surface area contributed by atoms with Crippen LogP contribution in [-0.2, 0) is 4.79 Å². The lowest BCUT2D eigenvalue weighted by molar-refractivity contribution is -0.111. The number of rotatable bonds is 6. The van der Waals surface area contributed by atoms with Crippen molar-refractivity contribution in [3.8, 4) is 17.2 Å². The highest BCUT2D eigenvalue weighted by molar-refractivity contribution is 6.30. The van der Waals surface area contributed by atoms with Crippen LogP contribution in [0.1, 0.15) is 5.56 Å². The van der Waals surface area contributed by atoms with Crippen LogP contribution in [-0.4, -0.2) is 27.2 Å². The lowest BCUT2D eigenvalue weighted by Crippen LogP contribution is -2.07. The van der Waals surface area contributed by atoms with Crippen molar-refractivity contribution in [1.82, 2.24) is 0 Å². The van der Waals surface area contributed by atoms with E-state index < -0.39 is 0 Å². The quantitative estimate of drug-likeness (QED) is 0.802. The topological polar surface area (TPSA) is 56.8 Å². The summed E-state index contributed by atoms with van der Waals surface area (Å²) in [5.74, 6) is 1.25. The van der Waals surface area contributed by atoms with Crippen molar-refractivity contribution in [2.75, 3.05) is 26.6 Å². The minimum Gasteiger partial charge on any atom is -0.493 e. The molecule has 126 valence electrons. The summed E-state index contributed by atoms with van der Waals surface area (Å²) in [7, 11) is 4.61. The summed E-state index contributed by atoms with van der Waals surface area (Å²) in [5, 5.41) is 3.36. The molecule has 1 amide bonds. The fourth-order valence-corrected chi connectivity index (χ4v) is 2.26. The Labute approximate surface area is 145 Å². The number of carbonyl (C=O) groups is 1. The standard InChI is InChI=1S/C18H18ClNO4/c1-22-15-10-4-12(17(23-2)18(15)24-3)5-11-16(21)20-14-8-6-13(19)7-9-14/h4-11H,1-3H3,(H,20,21). The molecule has 0 radical (unpaired) electrons. The van der Waals surface area contributed by atoms with Crippen molar-refractivity contribution in [2.45, 2.75) is 0 Å². The van der Waals surface area contributed by atoms with E-state index in [1.54, 1.807) is 49.6 Å². The zero-order valence-electron chi connectivity index (χ0n) is 13.6. The molecule has 5 nitrogen and oxygen atoms in total. The minimum absolute atomic E-state index is 0.269. The van der Waals surface area contributed by atoms with Gasteiger partial charge < -0.3 is 19.5 Å². The molecule has 24 heavy (non-hydrogen) atoms. The number of benzene rings is 2. The monoisotopic (exact) mass is 347 g/mol. The molecule has 0 saturated carbocycles. The molecular formula is C18H18ClNO4. The predicted octanol–water partition coefficient (Wildman–Crippen LogP) is 4.02. The molecule has 2 rings (SSSR count). The van der Waals surface area contributed by atoms with Crippen molar-refractivity contribution >= 4 is 29.3 Å².